The second-order valence-electron chi connectivity index (χ2n) is 6.02. The Balaban J connectivity index is 1.85. The summed E-state index contributed by atoms with van der Waals surface area (Å²) in [7, 11) is 1.57. The van der Waals surface area contributed by atoms with Crippen LogP contribution in [0.1, 0.15) is 28.4 Å². The van der Waals surface area contributed by atoms with Gasteiger partial charge in [-0.05, 0) is 49.2 Å². The Bertz CT molecular complexity index is 819. The van der Waals surface area contributed by atoms with Crippen LogP contribution in [0.15, 0.2) is 48.5 Å². The van der Waals surface area contributed by atoms with E-state index >= 15 is 0 Å². The number of benzene rings is 2. The molecule has 0 heterocycles. The predicted octanol–water partition coefficient (Wildman–Crippen LogP) is 3.62. The summed E-state index contributed by atoms with van der Waals surface area (Å²) in [5.41, 5.74) is -0.249. The van der Waals surface area contributed by atoms with Crippen LogP contribution in [0.4, 0.5) is 13.2 Å². The summed E-state index contributed by atoms with van der Waals surface area (Å²) >= 11 is 0. The number of ether oxygens (including phenoxy) is 2. The highest BCUT2D eigenvalue weighted by Crippen LogP contribution is 2.29. The third-order valence-electron chi connectivity index (χ3n) is 3.95. The van der Waals surface area contributed by atoms with Gasteiger partial charge in [-0.2, -0.15) is 13.2 Å². The van der Waals surface area contributed by atoms with Crippen molar-refractivity contribution in [1.82, 2.24) is 5.32 Å². The molecule has 0 spiro atoms. The van der Waals surface area contributed by atoms with E-state index in [1.165, 1.54) is 13.0 Å². The Hall–Kier alpha value is -3.03. The highest BCUT2D eigenvalue weighted by Gasteiger charge is 2.31. The van der Waals surface area contributed by atoms with Crippen molar-refractivity contribution in [1.29, 1.82) is 0 Å². The lowest BCUT2D eigenvalue weighted by Gasteiger charge is -2.14. The topological polar surface area (TPSA) is 64.6 Å². The Morgan fingerprint density at radius 1 is 1.11 bits per heavy atom. The summed E-state index contributed by atoms with van der Waals surface area (Å²) in [6.07, 6.45) is -5.15. The number of hydrogen-bond donors (Lipinski definition) is 1. The number of alkyl halides is 3. The van der Waals surface area contributed by atoms with Crippen LogP contribution in [-0.2, 0) is 22.1 Å². The third-order valence-corrected chi connectivity index (χ3v) is 3.95. The second-order valence-corrected chi connectivity index (χ2v) is 6.02. The molecule has 2 aromatic carbocycles. The monoisotopic (exact) mass is 395 g/mol. The molecule has 5 nitrogen and oxygen atoms in total. The number of amides is 1. The van der Waals surface area contributed by atoms with Crippen LogP contribution in [0.25, 0.3) is 0 Å². The van der Waals surface area contributed by atoms with Gasteiger partial charge in [0.15, 0.2) is 6.10 Å². The summed E-state index contributed by atoms with van der Waals surface area (Å²) in [6, 6.07) is 11.2. The molecule has 0 aliphatic heterocycles. The van der Waals surface area contributed by atoms with Gasteiger partial charge in [-0.1, -0.05) is 18.2 Å². The van der Waals surface area contributed by atoms with Gasteiger partial charge in [0.25, 0.3) is 5.91 Å². The Morgan fingerprint density at radius 3 is 2.39 bits per heavy atom. The first-order valence-electron chi connectivity index (χ1n) is 8.49. The number of hydrogen-bond acceptors (Lipinski definition) is 4. The largest absolute Gasteiger partial charge is 0.497 e. The Kier molecular flexibility index (Phi) is 7.03. The molecular formula is C20H20F3NO4. The third kappa shape index (κ3) is 6.00. The molecule has 1 amide bonds. The first-order valence-corrected chi connectivity index (χ1v) is 8.49. The van der Waals surface area contributed by atoms with Crippen LogP contribution < -0.4 is 10.1 Å². The first kappa shape index (κ1) is 21.3. The van der Waals surface area contributed by atoms with E-state index in [0.29, 0.717) is 19.0 Å². The molecule has 150 valence electrons. The lowest BCUT2D eigenvalue weighted by Crippen LogP contribution is -2.36. The van der Waals surface area contributed by atoms with Crippen molar-refractivity contribution in [3.63, 3.8) is 0 Å². The van der Waals surface area contributed by atoms with E-state index in [0.717, 1.165) is 23.4 Å². The molecule has 8 heteroatoms. The molecule has 0 saturated carbocycles. The number of carbonyl (C=O) groups is 2. The average molecular weight is 395 g/mol. The maximum absolute atomic E-state index is 12.7. The van der Waals surface area contributed by atoms with E-state index in [-0.39, 0.29) is 5.56 Å². The van der Waals surface area contributed by atoms with Crippen molar-refractivity contribution >= 4 is 11.9 Å². The highest BCUT2D eigenvalue weighted by atomic mass is 19.4. The quantitative estimate of drug-likeness (QED) is 0.728. The van der Waals surface area contributed by atoms with Crippen molar-refractivity contribution in [2.24, 2.45) is 0 Å². The zero-order chi connectivity index (χ0) is 20.7. The van der Waals surface area contributed by atoms with Crippen molar-refractivity contribution < 1.29 is 32.2 Å². The minimum atomic E-state index is -4.57. The van der Waals surface area contributed by atoms with Crippen LogP contribution in [0, 0.1) is 0 Å². The van der Waals surface area contributed by atoms with Gasteiger partial charge in [0.1, 0.15) is 5.75 Å². The van der Waals surface area contributed by atoms with Gasteiger partial charge in [-0.25, -0.2) is 4.79 Å². The van der Waals surface area contributed by atoms with Crippen molar-refractivity contribution in [3.8, 4) is 5.75 Å². The van der Waals surface area contributed by atoms with E-state index in [9.17, 15) is 22.8 Å². The van der Waals surface area contributed by atoms with E-state index in [1.54, 1.807) is 19.2 Å². The summed E-state index contributed by atoms with van der Waals surface area (Å²) in [6.45, 7) is 1.67. The molecule has 0 radical (unpaired) electrons. The maximum Gasteiger partial charge on any atom is 0.416 e. The van der Waals surface area contributed by atoms with E-state index in [4.69, 9.17) is 9.47 Å². The van der Waals surface area contributed by atoms with Gasteiger partial charge in [0.2, 0.25) is 0 Å². The molecule has 2 aromatic rings. The zero-order valence-electron chi connectivity index (χ0n) is 15.4. The van der Waals surface area contributed by atoms with Crippen LogP contribution >= 0.6 is 0 Å². The van der Waals surface area contributed by atoms with E-state index in [2.05, 4.69) is 5.32 Å². The molecule has 1 unspecified atom stereocenters. The maximum atomic E-state index is 12.7. The van der Waals surface area contributed by atoms with Crippen LogP contribution in [0.2, 0.25) is 0 Å². The molecule has 28 heavy (non-hydrogen) atoms. The molecule has 1 atom stereocenters. The molecule has 2 rings (SSSR count). The van der Waals surface area contributed by atoms with Crippen molar-refractivity contribution in [3.05, 3.63) is 65.2 Å². The fourth-order valence-electron chi connectivity index (χ4n) is 2.37. The summed E-state index contributed by atoms with van der Waals surface area (Å²) in [4.78, 5) is 24.1. The number of rotatable bonds is 7. The van der Waals surface area contributed by atoms with Crippen LogP contribution in [0.5, 0.6) is 5.75 Å². The van der Waals surface area contributed by atoms with Gasteiger partial charge >= 0.3 is 12.1 Å². The predicted molar refractivity (Wildman–Crippen MR) is 96.0 cm³/mol. The lowest BCUT2D eigenvalue weighted by molar-refractivity contribution is -0.137. The molecular weight excluding hydrogens is 375 g/mol. The number of methoxy groups -OCH3 is 1. The number of esters is 1. The highest BCUT2D eigenvalue weighted by molar-refractivity contribution is 5.92. The van der Waals surface area contributed by atoms with Gasteiger partial charge in [-0.3, -0.25) is 4.79 Å². The van der Waals surface area contributed by atoms with Crippen LogP contribution in [0.3, 0.4) is 0 Å². The first-order chi connectivity index (χ1) is 13.2. The molecule has 0 bridgehead atoms. The SMILES string of the molecule is COc1ccc(CCNC(=O)C(C)OC(=O)c2cccc(C(F)(F)F)c2)cc1. The summed E-state index contributed by atoms with van der Waals surface area (Å²) < 4.78 is 48.2. The smallest absolute Gasteiger partial charge is 0.416 e. The lowest BCUT2D eigenvalue weighted by atomic mass is 10.1. The van der Waals surface area contributed by atoms with Crippen molar-refractivity contribution in [2.45, 2.75) is 25.6 Å². The summed E-state index contributed by atoms with van der Waals surface area (Å²) in [5.74, 6) is -0.805. The number of nitrogens with one attached hydrogen (secondary N) is 1. The molecule has 0 aliphatic rings. The van der Waals surface area contributed by atoms with Gasteiger partial charge in [0.05, 0.1) is 18.2 Å². The molecule has 0 aromatic heterocycles. The fraction of sp³-hybridized carbons (Fsp3) is 0.300. The molecule has 1 N–H and O–H groups in total. The normalized spacial score (nSPS) is 12.2. The Labute approximate surface area is 160 Å². The minimum absolute atomic E-state index is 0.271. The van der Waals surface area contributed by atoms with E-state index < -0.39 is 29.7 Å². The zero-order valence-corrected chi connectivity index (χ0v) is 15.4. The van der Waals surface area contributed by atoms with Crippen LogP contribution in [-0.4, -0.2) is 31.6 Å². The standard InChI is InChI=1S/C20H20F3NO4/c1-13(18(25)24-11-10-14-6-8-17(27-2)9-7-14)28-19(26)15-4-3-5-16(12-15)20(21,22)23/h3-9,12-13H,10-11H2,1-2H3,(H,24,25). The second kappa shape index (κ2) is 9.25. The van der Waals surface area contributed by atoms with Gasteiger partial charge in [-0.15, -0.1) is 0 Å². The van der Waals surface area contributed by atoms with Crippen molar-refractivity contribution in [2.75, 3.05) is 13.7 Å². The molecule has 0 saturated heterocycles. The van der Waals surface area contributed by atoms with E-state index in [1.807, 2.05) is 12.1 Å². The molecule has 0 aliphatic carbocycles. The molecule has 0 fully saturated rings. The number of halogens is 3. The Morgan fingerprint density at radius 2 is 1.79 bits per heavy atom. The van der Waals surface area contributed by atoms with Gasteiger partial charge in [0, 0.05) is 6.54 Å². The number of carbonyl (C=O) groups excluding carboxylic acids is 2. The average Bonchev–Trinajstić information content (AvgIpc) is 2.67. The fourth-order valence-corrected chi connectivity index (χ4v) is 2.37. The van der Waals surface area contributed by atoms with Gasteiger partial charge < -0.3 is 14.8 Å². The minimum Gasteiger partial charge on any atom is -0.497 e. The summed E-state index contributed by atoms with van der Waals surface area (Å²) in [5, 5.41) is 2.62.